The van der Waals surface area contributed by atoms with E-state index in [2.05, 4.69) is 13.0 Å². The van der Waals surface area contributed by atoms with E-state index in [1.54, 1.807) is 0 Å². The van der Waals surface area contributed by atoms with Gasteiger partial charge in [0, 0.05) is 10.8 Å². The van der Waals surface area contributed by atoms with Gasteiger partial charge in [0.05, 0.1) is 0 Å². The van der Waals surface area contributed by atoms with Crippen molar-refractivity contribution in [2.45, 2.75) is 64.7 Å². The molecule has 8 heteroatoms. The quantitative estimate of drug-likeness (QED) is 0.576. The lowest BCUT2D eigenvalue weighted by molar-refractivity contribution is -0.491. The number of hydrogen-bond donors (Lipinski definition) is 1. The van der Waals surface area contributed by atoms with E-state index in [0.717, 1.165) is 49.7 Å². The van der Waals surface area contributed by atoms with Crippen molar-refractivity contribution in [1.82, 2.24) is 0 Å². The smallest absolute Gasteiger partial charge is 0.371 e. The van der Waals surface area contributed by atoms with E-state index in [4.69, 9.17) is 9.32 Å². The lowest BCUT2D eigenvalue weighted by Crippen LogP contribution is -2.43. The molecule has 0 heterocycles. The van der Waals surface area contributed by atoms with Crippen molar-refractivity contribution in [2.75, 3.05) is 6.54 Å². The normalized spacial score (nSPS) is 33.5. The van der Waals surface area contributed by atoms with Crippen LogP contribution in [0.15, 0.2) is 12.1 Å². The molecule has 2 N–H and O–H groups in total. The van der Waals surface area contributed by atoms with Gasteiger partial charge < -0.3 is 4.18 Å². The van der Waals surface area contributed by atoms with Gasteiger partial charge >= 0.3 is 10.3 Å². The molecule has 0 aromatic heterocycles. The van der Waals surface area contributed by atoms with Crippen molar-refractivity contribution in [3.63, 3.8) is 0 Å². The summed E-state index contributed by atoms with van der Waals surface area (Å²) in [5, 5.41) is 16.3. The van der Waals surface area contributed by atoms with Crippen molar-refractivity contribution in [3.05, 3.63) is 38.9 Å². The predicted molar refractivity (Wildman–Crippen MR) is 110 cm³/mol. The Morgan fingerprint density at radius 1 is 1.28 bits per heavy atom. The highest BCUT2D eigenvalue weighted by atomic mass is 32.2. The van der Waals surface area contributed by atoms with E-state index >= 15 is 0 Å². The summed E-state index contributed by atoms with van der Waals surface area (Å²) in [6.07, 6.45) is 6.70. The Morgan fingerprint density at radius 3 is 2.69 bits per heavy atom. The topological polar surface area (TPSA) is 113 Å². The van der Waals surface area contributed by atoms with Gasteiger partial charge in [-0.15, -0.1) is 0 Å². The molecular weight excluding hydrogens is 392 g/mol. The number of hydrogen-bond acceptors (Lipinski definition) is 5. The first-order valence-corrected chi connectivity index (χ1v) is 12.1. The number of rotatable bonds is 5. The average molecular weight is 423 g/mol. The van der Waals surface area contributed by atoms with Gasteiger partial charge in [-0.2, -0.15) is 13.6 Å². The highest BCUT2D eigenvalue weighted by Crippen LogP contribution is 2.63. The van der Waals surface area contributed by atoms with Crippen LogP contribution < -0.4 is 9.32 Å². The van der Waals surface area contributed by atoms with E-state index in [-0.39, 0.29) is 22.8 Å². The highest BCUT2D eigenvalue weighted by molar-refractivity contribution is 7.84. The molecule has 0 amide bonds. The molecule has 2 saturated carbocycles. The molecule has 0 radical (unpaired) electrons. The molecule has 0 aliphatic heterocycles. The van der Waals surface area contributed by atoms with Crippen molar-refractivity contribution in [3.8, 4) is 5.75 Å². The van der Waals surface area contributed by atoms with Crippen LogP contribution >= 0.6 is 0 Å². The molecule has 160 valence electrons. The lowest BCUT2D eigenvalue weighted by atomic mass is 9.54. The zero-order valence-electron chi connectivity index (χ0n) is 17.1. The number of nitro groups is 1. The van der Waals surface area contributed by atoms with Gasteiger partial charge in [-0.25, -0.2) is 0 Å². The second-order valence-electron chi connectivity index (χ2n) is 9.34. The summed E-state index contributed by atoms with van der Waals surface area (Å²) in [4.78, 5) is 11.0. The molecule has 4 rings (SSSR count). The lowest BCUT2D eigenvalue weighted by Gasteiger charge is -2.50. The minimum absolute atomic E-state index is 0.0655. The van der Waals surface area contributed by atoms with Crippen molar-refractivity contribution < 1.29 is 17.5 Å². The van der Waals surface area contributed by atoms with Crippen LogP contribution in [0.25, 0.3) is 0 Å². The number of nitrogens with two attached hydrogens (primary N) is 1. The van der Waals surface area contributed by atoms with E-state index in [9.17, 15) is 18.5 Å². The zero-order chi connectivity index (χ0) is 21.0. The van der Waals surface area contributed by atoms with Crippen LogP contribution in [0.4, 0.5) is 0 Å². The van der Waals surface area contributed by atoms with Gasteiger partial charge in [0.1, 0.15) is 5.75 Å². The molecule has 0 spiro atoms. The Kier molecular flexibility index (Phi) is 5.14. The summed E-state index contributed by atoms with van der Waals surface area (Å²) in [6.45, 7) is 4.36. The maximum atomic E-state index is 11.4. The Bertz CT molecular complexity index is 931. The average Bonchev–Trinajstić information content (AvgIpc) is 2.95. The fraction of sp³-hybridized carbons (Fsp3) is 0.714. The molecule has 1 aromatic carbocycles. The number of fused-ring (bicyclic) bond motifs is 5. The SMILES string of the molecule is CCc1cc2c(cc1OS(N)(=O)=O)CC[C@@H]1[C@@H]2CC[C@]2(C)[C@@H](C[N+](=O)[O-])CC[C@@H]12. The molecule has 3 aliphatic carbocycles. The minimum atomic E-state index is -4.05. The largest absolute Gasteiger partial charge is 0.380 e. The van der Waals surface area contributed by atoms with E-state index < -0.39 is 10.3 Å². The van der Waals surface area contributed by atoms with Crippen LogP contribution in [0.1, 0.15) is 68.6 Å². The fourth-order valence-corrected chi connectivity index (χ4v) is 7.12. The molecule has 0 unspecified atom stereocenters. The van der Waals surface area contributed by atoms with Crippen molar-refractivity contribution in [2.24, 2.45) is 28.3 Å². The van der Waals surface area contributed by atoms with Gasteiger partial charge in [-0.3, -0.25) is 10.1 Å². The summed E-state index contributed by atoms with van der Waals surface area (Å²) in [5.74, 6) is 2.05. The van der Waals surface area contributed by atoms with E-state index in [1.807, 2.05) is 13.0 Å². The predicted octanol–water partition coefficient (Wildman–Crippen LogP) is 3.58. The molecule has 29 heavy (non-hydrogen) atoms. The monoisotopic (exact) mass is 422 g/mol. The third-order valence-corrected chi connectivity index (χ3v) is 8.47. The van der Waals surface area contributed by atoms with Crippen LogP contribution in [0.2, 0.25) is 0 Å². The van der Waals surface area contributed by atoms with Gasteiger partial charge in [-0.1, -0.05) is 19.9 Å². The number of aryl methyl sites for hydroxylation is 2. The first-order chi connectivity index (χ1) is 13.6. The number of nitrogens with zero attached hydrogens (tertiary/aromatic N) is 1. The van der Waals surface area contributed by atoms with E-state index in [0.29, 0.717) is 29.9 Å². The Hall–Kier alpha value is -1.67. The van der Waals surface area contributed by atoms with Gasteiger partial charge in [0.25, 0.3) is 0 Å². The standard InChI is InChI=1S/C21H30N2O5S/c1-3-13-10-18-14(11-20(13)28-29(22,26)27)4-6-17-16(18)8-9-21(2)15(12-23(24)25)5-7-19(17)21/h10-11,15-17,19H,3-9,12H2,1-2H3,(H2,22,26,27)/t15-,16+,17-,19+,21-/m1/s1. The second kappa shape index (κ2) is 7.23. The van der Waals surface area contributed by atoms with Crippen LogP contribution in [0, 0.1) is 33.3 Å². The maximum Gasteiger partial charge on any atom is 0.380 e. The van der Waals surface area contributed by atoms with Crippen molar-refractivity contribution in [1.29, 1.82) is 0 Å². The fourth-order valence-electron chi connectivity index (χ4n) is 6.71. The third-order valence-electron chi connectivity index (χ3n) is 8.06. The molecule has 0 saturated heterocycles. The summed E-state index contributed by atoms with van der Waals surface area (Å²) in [6, 6.07) is 3.99. The summed E-state index contributed by atoms with van der Waals surface area (Å²) < 4.78 is 27.9. The van der Waals surface area contributed by atoms with Gasteiger partial charge in [0.2, 0.25) is 6.54 Å². The summed E-state index contributed by atoms with van der Waals surface area (Å²) in [5.41, 5.74) is 3.41. The second-order valence-corrected chi connectivity index (χ2v) is 10.5. The number of benzene rings is 1. The van der Waals surface area contributed by atoms with Crippen LogP contribution in [-0.4, -0.2) is 19.9 Å². The highest BCUT2D eigenvalue weighted by Gasteiger charge is 2.55. The Morgan fingerprint density at radius 2 is 2.03 bits per heavy atom. The third kappa shape index (κ3) is 3.65. The maximum absolute atomic E-state index is 11.4. The summed E-state index contributed by atoms with van der Waals surface area (Å²) >= 11 is 0. The molecule has 2 fully saturated rings. The molecule has 0 bridgehead atoms. The molecule has 5 atom stereocenters. The first kappa shape index (κ1) is 20.6. The van der Waals surface area contributed by atoms with Crippen LogP contribution in [0.5, 0.6) is 5.75 Å². The first-order valence-electron chi connectivity index (χ1n) is 10.6. The van der Waals surface area contributed by atoms with Crippen molar-refractivity contribution >= 4 is 10.3 Å². The minimum Gasteiger partial charge on any atom is -0.371 e. The molecule has 7 nitrogen and oxygen atoms in total. The zero-order valence-corrected chi connectivity index (χ0v) is 17.9. The van der Waals surface area contributed by atoms with Crippen LogP contribution in [0.3, 0.4) is 0 Å². The van der Waals surface area contributed by atoms with Gasteiger partial charge in [0.15, 0.2) is 0 Å². The summed E-state index contributed by atoms with van der Waals surface area (Å²) in [7, 11) is -4.05. The molecular formula is C21H30N2O5S. The van der Waals surface area contributed by atoms with E-state index in [1.165, 1.54) is 5.56 Å². The molecule has 3 aliphatic rings. The molecule has 1 aromatic rings. The van der Waals surface area contributed by atoms with Gasteiger partial charge in [-0.05, 0) is 90.9 Å². The van der Waals surface area contributed by atoms with Crippen LogP contribution in [-0.2, 0) is 23.1 Å². The Labute approximate surface area is 172 Å². The Balaban J connectivity index is 1.65.